The molecule has 0 atom stereocenters. The Labute approximate surface area is 115 Å². The van der Waals surface area contributed by atoms with Crippen molar-refractivity contribution >= 4 is 11.7 Å². The SMILES string of the molecule is NC1CCN(C(=O)CCCN2CCC(=O)CC2)CC1. The van der Waals surface area contributed by atoms with Gasteiger partial charge in [-0.3, -0.25) is 9.59 Å². The van der Waals surface area contributed by atoms with Crippen molar-refractivity contribution in [2.45, 2.75) is 44.6 Å². The summed E-state index contributed by atoms with van der Waals surface area (Å²) in [5.74, 6) is 0.636. The second-order valence-electron chi connectivity index (χ2n) is 5.70. The quantitative estimate of drug-likeness (QED) is 0.800. The number of Topliss-reactive ketones (excluding diaryl/α,β-unsaturated/α-hetero) is 1. The van der Waals surface area contributed by atoms with Gasteiger partial charge in [0.1, 0.15) is 5.78 Å². The third-order valence-corrected chi connectivity index (χ3v) is 4.17. The summed E-state index contributed by atoms with van der Waals surface area (Å²) in [6.45, 7) is 4.31. The number of hydrogen-bond donors (Lipinski definition) is 1. The smallest absolute Gasteiger partial charge is 0.222 e. The summed E-state index contributed by atoms with van der Waals surface area (Å²) in [4.78, 5) is 27.4. The van der Waals surface area contributed by atoms with Crippen LogP contribution >= 0.6 is 0 Å². The number of nitrogens with zero attached hydrogens (tertiary/aromatic N) is 2. The van der Waals surface area contributed by atoms with Crippen LogP contribution in [0.15, 0.2) is 0 Å². The molecule has 19 heavy (non-hydrogen) atoms. The van der Waals surface area contributed by atoms with Crippen LogP contribution in [-0.2, 0) is 9.59 Å². The van der Waals surface area contributed by atoms with Gasteiger partial charge in [0.15, 0.2) is 0 Å². The van der Waals surface area contributed by atoms with Gasteiger partial charge in [-0.1, -0.05) is 0 Å². The Balaban J connectivity index is 1.60. The first kappa shape index (κ1) is 14.5. The maximum absolute atomic E-state index is 12.0. The van der Waals surface area contributed by atoms with Crippen LogP contribution in [-0.4, -0.2) is 60.3 Å². The zero-order valence-corrected chi connectivity index (χ0v) is 11.6. The number of likely N-dealkylation sites (tertiary alicyclic amines) is 2. The van der Waals surface area contributed by atoms with Crippen LogP contribution in [0.25, 0.3) is 0 Å². The topological polar surface area (TPSA) is 66.6 Å². The summed E-state index contributed by atoms with van der Waals surface area (Å²) in [5, 5.41) is 0. The zero-order chi connectivity index (χ0) is 13.7. The van der Waals surface area contributed by atoms with Crippen LogP contribution in [0.4, 0.5) is 0 Å². The van der Waals surface area contributed by atoms with Gasteiger partial charge >= 0.3 is 0 Å². The minimum atomic E-state index is 0.264. The van der Waals surface area contributed by atoms with Crippen molar-refractivity contribution in [3.8, 4) is 0 Å². The lowest BCUT2D eigenvalue weighted by Crippen LogP contribution is -2.43. The van der Waals surface area contributed by atoms with E-state index in [-0.39, 0.29) is 11.9 Å². The van der Waals surface area contributed by atoms with Gasteiger partial charge in [-0.25, -0.2) is 0 Å². The van der Waals surface area contributed by atoms with E-state index < -0.39 is 0 Å². The molecule has 0 radical (unpaired) electrons. The fourth-order valence-electron chi connectivity index (χ4n) is 2.79. The summed E-state index contributed by atoms with van der Waals surface area (Å²) in [5.41, 5.74) is 5.83. The fourth-order valence-corrected chi connectivity index (χ4v) is 2.79. The van der Waals surface area contributed by atoms with Crippen molar-refractivity contribution in [1.82, 2.24) is 9.80 Å². The van der Waals surface area contributed by atoms with Crippen molar-refractivity contribution in [2.24, 2.45) is 5.73 Å². The molecule has 5 heteroatoms. The van der Waals surface area contributed by atoms with Gasteiger partial charge in [-0.05, 0) is 25.8 Å². The van der Waals surface area contributed by atoms with E-state index >= 15 is 0 Å². The molecule has 0 spiro atoms. The van der Waals surface area contributed by atoms with E-state index in [1.54, 1.807) is 0 Å². The van der Waals surface area contributed by atoms with E-state index in [2.05, 4.69) is 4.90 Å². The number of piperidine rings is 2. The molecule has 0 aromatic heterocycles. The first-order valence-corrected chi connectivity index (χ1v) is 7.42. The van der Waals surface area contributed by atoms with Crippen molar-refractivity contribution in [3.05, 3.63) is 0 Å². The Hall–Kier alpha value is -0.940. The number of ketones is 1. The van der Waals surface area contributed by atoms with Crippen LogP contribution < -0.4 is 5.73 Å². The first-order chi connectivity index (χ1) is 9.15. The minimum absolute atomic E-state index is 0.264. The van der Waals surface area contributed by atoms with E-state index in [0.717, 1.165) is 52.0 Å². The van der Waals surface area contributed by atoms with E-state index in [1.807, 2.05) is 4.90 Å². The lowest BCUT2D eigenvalue weighted by molar-refractivity contribution is -0.132. The molecule has 2 aliphatic heterocycles. The van der Waals surface area contributed by atoms with E-state index in [9.17, 15) is 9.59 Å². The van der Waals surface area contributed by atoms with Crippen molar-refractivity contribution in [3.63, 3.8) is 0 Å². The Morgan fingerprint density at radius 1 is 1.16 bits per heavy atom. The summed E-state index contributed by atoms with van der Waals surface area (Å²) in [6, 6.07) is 0.273. The molecule has 2 rings (SSSR count). The van der Waals surface area contributed by atoms with Crippen molar-refractivity contribution < 1.29 is 9.59 Å². The Morgan fingerprint density at radius 2 is 1.79 bits per heavy atom. The molecular weight excluding hydrogens is 242 g/mol. The lowest BCUT2D eigenvalue weighted by atomic mass is 10.1. The third-order valence-electron chi connectivity index (χ3n) is 4.17. The molecule has 2 aliphatic rings. The van der Waals surface area contributed by atoms with Gasteiger partial charge < -0.3 is 15.5 Å². The predicted molar refractivity (Wildman–Crippen MR) is 73.7 cm³/mol. The van der Waals surface area contributed by atoms with Gasteiger partial charge in [0.25, 0.3) is 0 Å². The second kappa shape index (κ2) is 7.01. The number of hydrogen-bond acceptors (Lipinski definition) is 4. The molecule has 2 saturated heterocycles. The molecular formula is C14H25N3O2. The summed E-state index contributed by atoms with van der Waals surface area (Å²) < 4.78 is 0. The molecule has 2 fully saturated rings. The van der Waals surface area contributed by atoms with Gasteiger partial charge in [0, 0.05) is 51.5 Å². The third kappa shape index (κ3) is 4.58. The minimum Gasteiger partial charge on any atom is -0.343 e. The Morgan fingerprint density at radius 3 is 2.42 bits per heavy atom. The fraction of sp³-hybridized carbons (Fsp3) is 0.857. The molecule has 0 aromatic rings. The number of carbonyl (C=O) groups excluding carboxylic acids is 2. The van der Waals surface area contributed by atoms with Gasteiger partial charge in [-0.15, -0.1) is 0 Å². The van der Waals surface area contributed by atoms with Gasteiger partial charge in [0.2, 0.25) is 5.91 Å². The number of carbonyl (C=O) groups is 2. The highest BCUT2D eigenvalue weighted by atomic mass is 16.2. The van der Waals surface area contributed by atoms with Crippen molar-refractivity contribution in [2.75, 3.05) is 32.7 Å². The molecule has 5 nitrogen and oxygen atoms in total. The first-order valence-electron chi connectivity index (χ1n) is 7.42. The van der Waals surface area contributed by atoms with E-state index in [1.165, 1.54) is 0 Å². The van der Waals surface area contributed by atoms with Crippen LogP contribution in [0.1, 0.15) is 38.5 Å². The predicted octanol–water partition coefficient (Wildman–Crippen LogP) is 0.381. The van der Waals surface area contributed by atoms with Crippen LogP contribution in [0.2, 0.25) is 0 Å². The molecule has 0 unspecified atom stereocenters. The maximum Gasteiger partial charge on any atom is 0.222 e. The molecule has 0 aromatic carbocycles. The average molecular weight is 267 g/mol. The van der Waals surface area contributed by atoms with Crippen LogP contribution in [0.5, 0.6) is 0 Å². The molecule has 2 N–H and O–H groups in total. The Bertz CT molecular complexity index is 315. The second-order valence-corrected chi connectivity index (χ2v) is 5.70. The zero-order valence-electron chi connectivity index (χ0n) is 11.6. The average Bonchev–Trinajstić information content (AvgIpc) is 2.41. The molecule has 0 aliphatic carbocycles. The highest BCUT2D eigenvalue weighted by Gasteiger charge is 2.21. The molecule has 0 bridgehead atoms. The van der Waals surface area contributed by atoms with Gasteiger partial charge in [0.05, 0.1) is 0 Å². The van der Waals surface area contributed by atoms with Crippen LogP contribution in [0.3, 0.4) is 0 Å². The highest BCUT2D eigenvalue weighted by molar-refractivity contribution is 5.79. The number of amides is 1. The summed E-state index contributed by atoms with van der Waals surface area (Å²) in [7, 11) is 0. The van der Waals surface area contributed by atoms with Gasteiger partial charge in [-0.2, -0.15) is 0 Å². The normalized spacial score (nSPS) is 22.8. The molecule has 0 saturated carbocycles. The molecule has 1 amide bonds. The van der Waals surface area contributed by atoms with E-state index in [4.69, 9.17) is 5.73 Å². The largest absolute Gasteiger partial charge is 0.343 e. The Kier molecular flexibility index (Phi) is 5.34. The summed E-state index contributed by atoms with van der Waals surface area (Å²) >= 11 is 0. The monoisotopic (exact) mass is 267 g/mol. The standard InChI is InChI=1S/C14H25N3O2/c15-12-3-10-17(11-4-12)14(19)2-1-7-16-8-5-13(18)6-9-16/h12H,1-11,15H2. The number of rotatable bonds is 4. The lowest BCUT2D eigenvalue weighted by Gasteiger charge is -2.30. The highest BCUT2D eigenvalue weighted by Crippen LogP contribution is 2.11. The molecule has 2 heterocycles. The number of nitrogens with two attached hydrogens (primary N) is 1. The summed E-state index contributed by atoms with van der Waals surface area (Å²) in [6.07, 6.45) is 4.74. The van der Waals surface area contributed by atoms with E-state index in [0.29, 0.717) is 25.0 Å². The van der Waals surface area contributed by atoms with Crippen LogP contribution in [0, 0.1) is 0 Å². The van der Waals surface area contributed by atoms with Crippen molar-refractivity contribution in [1.29, 1.82) is 0 Å². The maximum atomic E-state index is 12.0. The molecule has 108 valence electrons.